The molecule has 152 valence electrons. The van der Waals surface area contributed by atoms with Gasteiger partial charge in [-0.05, 0) is 30.5 Å². The quantitative estimate of drug-likeness (QED) is 0.375. The molecule has 0 aliphatic heterocycles. The Morgan fingerprint density at radius 1 is 1.10 bits per heavy atom. The molecule has 6 nitrogen and oxygen atoms in total. The van der Waals surface area contributed by atoms with E-state index in [1.54, 1.807) is 13.2 Å². The monoisotopic (exact) mass is 418 g/mol. The Morgan fingerprint density at radius 2 is 1.80 bits per heavy atom. The molecule has 0 bridgehead atoms. The number of aryl methyl sites for hydroxylation is 2. The molecule has 2 aromatic heterocycles. The second-order valence-electron chi connectivity index (χ2n) is 7.15. The highest BCUT2D eigenvalue weighted by Gasteiger charge is 2.16. The molecule has 0 aliphatic rings. The van der Waals surface area contributed by atoms with Gasteiger partial charge in [0.15, 0.2) is 5.16 Å². The number of aromatic amines is 1. The van der Waals surface area contributed by atoms with Gasteiger partial charge in [-0.15, -0.1) is 0 Å². The zero-order valence-corrected chi connectivity index (χ0v) is 17.8. The molecule has 1 amide bonds. The maximum atomic E-state index is 12.8. The van der Waals surface area contributed by atoms with Gasteiger partial charge in [-0.3, -0.25) is 14.2 Å². The molecule has 7 heteroatoms. The number of carbonyl (C=O) groups excluding carboxylic acids is 1. The average Bonchev–Trinajstić information content (AvgIpc) is 3.17. The number of amides is 1. The van der Waals surface area contributed by atoms with Crippen LogP contribution >= 0.6 is 11.8 Å². The van der Waals surface area contributed by atoms with Crippen molar-refractivity contribution in [3.8, 4) is 11.1 Å². The van der Waals surface area contributed by atoms with Gasteiger partial charge in [-0.25, -0.2) is 4.98 Å². The van der Waals surface area contributed by atoms with Crippen molar-refractivity contribution >= 4 is 34.4 Å². The van der Waals surface area contributed by atoms with Crippen molar-refractivity contribution in [3.63, 3.8) is 0 Å². The normalized spacial score (nSPS) is 11.0. The number of thioether (sulfide) groups is 1. The van der Waals surface area contributed by atoms with Gasteiger partial charge < -0.3 is 10.3 Å². The zero-order chi connectivity index (χ0) is 21.3. The molecule has 4 rings (SSSR count). The Hall–Kier alpha value is -3.32. The van der Waals surface area contributed by atoms with Gasteiger partial charge in [-0.1, -0.05) is 60.3 Å². The smallest absolute Gasteiger partial charge is 0.278 e. The van der Waals surface area contributed by atoms with Crippen molar-refractivity contribution in [2.75, 3.05) is 11.1 Å². The van der Waals surface area contributed by atoms with Crippen LogP contribution in [-0.4, -0.2) is 26.2 Å². The molecule has 0 saturated heterocycles. The van der Waals surface area contributed by atoms with Crippen LogP contribution < -0.4 is 10.9 Å². The Labute approximate surface area is 178 Å². The highest BCUT2D eigenvalue weighted by atomic mass is 32.2. The van der Waals surface area contributed by atoms with E-state index in [9.17, 15) is 9.59 Å². The largest absolute Gasteiger partial charge is 0.355 e. The van der Waals surface area contributed by atoms with Crippen LogP contribution in [0.1, 0.15) is 11.1 Å². The Bertz CT molecular complexity index is 1270. The van der Waals surface area contributed by atoms with Crippen molar-refractivity contribution in [3.05, 3.63) is 76.2 Å². The van der Waals surface area contributed by atoms with Crippen LogP contribution in [0.2, 0.25) is 0 Å². The number of hydrogen-bond donors (Lipinski definition) is 2. The van der Waals surface area contributed by atoms with Crippen LogP contribution in [0, 0.1) is 13.8 Å². The highest BCUT2D eigenvalue weighted by Crippen LogP contribution is 2.27. The lowest BCUT2D eigenvalue weighted by molar-refractivity contribution is -0.113. The first-order valence-corrected chi connectivity index (χ1v) is 10.6. The van der Waals surface area contributed by atoms with Gasteiger partial charge in [0.25, 0.3) is 5.56 Å². The summed E-state index contributed by atoms with van der Waals surface area (Å²) >= 11 is 1.25. The molecular weight excluding hydrogens is 396 g/mol. The van der Waals surface area contributed by atoms with Gasteiger partial charge in [0.2, 0.25) is 5.91 Å². The predicted octanol–water partition coefficient (Wildman–Crippen LogP) is 4.28. The van der Waals surface area contributed by atoms with E-state index in [-0.39, 0.29) is 17.2 Å². The van der Waals surface area contributed by atoms with Crippen molar-refractivity contribution in [2.24, 2.45) is 7.05 Å². The number of aromatic nitrogens is 3. The van der Waals surface area contributed by atoms with E-state index in [0.717, 1.165) is 27.9 Å². The fourth-order valence-corrected chi connectivity index (χ4v) is 4.17. The van der Waals surface area contributed by atoms with E-state index in [4.69, 9.17) is 4.98 Å². The number of benzene rings is 2. The molecule has 0 unspecified atom stereocenters. The zero-order valence-electron chi connectivity index (χ0n) is 17.0. The van der Waals surface area contributed by atoms with Gasteiger partial charge in [-0.2, -0.15) is 0 Å². The summed E-state index contributed by atoms with van der Waals surface area (Å²) in [4.78, 5) is 33.1. The van der Waals surface area contributed by atoms with Crippen LogP contribution in [0.5, 0.6) is 0 Å². The summed E-state index contributed by atoms with van der Waals surface area (Å²) in [5, 5.41) is 3.47. The first-order chi connectivity index (χ1) is 14.5. The summed E-state index contributed by atoms with van der Waals surface area (Å²) in [6.07, 6.45) is 1.80. The number of rotatable bonds is 5. The third kappa shape index (κ3) is 3.76. The topological polar surface area (TPSA) is 79.8 Å². The lowest BCUT2D eigenvalue weighted by Crippen LogP contribution is -2.21. The standard InChI is InChI=1S/C23H22N4O2S/c1-14-8-7-9-15(2)19(14)25-18(28)13-30-23-26-20-17(16-10-5-4-6-11-16)12-24-21(20)22(29)27(23)3/h4-12,24H,13H2,1-3H3,(H,25,28). The summed E-state index contributed by atoms with van der Waals surface area (Å²) in [5.74, 6) is 0.0223. The number of nitrogens with one attached hydrogen (secondary N) is 2. The van der Waals surface area contributed by atoms with E-state index in [1.165, 1.54) is 16.3 Å². The minimum atomic E-state index is -0.167. The fraction of sp³-hybridized carbons (Fsp3) is 0.174. The third-order valence-corrected chi connectivity index (χ3v) is 6.06. The third-order valence-electron chi connectivity index (χ3n) is 5.03. The fourth-order valence-electron chi connectivity index (χ4n) is 3.40. The molecule has 0 saturated carbocycles. The SMILES string of the molecule is Cc1cccc(C)c1NC(=O)CSc1nc2c(-c3ccccc3)c[nH]c2c(=O)n1C. The van der Waals surface area contributed by atoms with Crippen molar-refractivity contribution in [2.45, 2.75) is 19.0 Å². The Kier molecular flexibility index (Phi) is 5.46. The summed E-state index contributed by atoms with van der Waals surface area (Å²) in [6, 6.07) is 15.7. The lowest BCUT2D eigenvalue weighted by atomic mass is 10.1. The molecule has 30 heavy (non-hydrogen) atoms. The Morgan fingerprint density at radius 3 is 2.50 bits per heavy atom. The van der Waals surface area contributed by atoms with Crippen LogP contribution in [0.3, 0.4) is 0 Å². The molecule has 0 aliphatic carbocycles. The van der Waals surface area contributed by atoms with E-state index in [0.29, 0.717) is 16.2 Å². The second kappa shape index (κ2) is 8.20. The van der Waals surface area contributed by atoms with Crippen molar-refractivity contribution in [1.29, 1.82) is 0 Å². The Balaban J connectivity index is 1.60. The van der Waals surface area contributed by atoms with Crippen LogP contribution in [-0.2, 0) is 11.8 Å². The number of fused-ring (bicyclic) bond motifs is 1. The minimum absolute atomic E-state index is 0.135. The van der Waals surface area contributed by atoms with E-state index >= 15 is 0 Å². The molecule has 2 heterocycles. The van der Waals surface area contributed by atoms with E-state index in [1.807, 2.05) is 62.4 Å². The molecule has 0 fully saturated rings. The van der Waals surface area contributed by atoms with Crippen molar-refractivity contribution in [1.82, 2.24) is 14.5 Å². The summed E-state index contributed by atoms with van der Waals surface area (Å²) in [6.45, 7) is 3.93. The maximum Gasteiger partial charge on any atom is 0.278 e. The predicted molar refractivity (Wildman–Crippen MR) is 122 cm³/mol. The molecule has 2 N–H and O–H groups in total. The molecule has 0 atom stereocenters. The highest BCUT2D eigenvalue weighted by molar-refractivity contribution is 7.99. The summed E-state index contributed by atoms with van der Waals surface area (Å²) < 4.78 is 1.48. The number of hydrogen-bond acceptors (Lipinski definition) is 4. The molecule has 4 aromatic rings. The number of anilines is 1. The van der Waals surface area contributed by atoms with Crippen LogP contribution in [0.25, 0.3) is 22.2 Å². The van der Waals surface area contributed by atoms with Gasteiger partial charge in [0, 0.05) is 24.5 Å². The lowest BCUT2D eigenvalue weighted by Gasteiger charge is -2.12. The molecule has 0 radical (unpaired) electrons. The molecular formula is C23H22N4O2S. The first-order valence-electron chi connectivity index (χ1n) is 9.58. The van der Waals surface area contributed by atoms with Crippen molar-refractivity contribution < 1.29 is 4.79 Å². The number of para-hydroxylation sites is 1. The van der Waals surface area contributed by atoms with Crippen LogP contribution in [0.4, 0.5) is 5.69 Å². The first kappa shape index (κ1) is 20.0. The van der Waals surface area contributed by atoms with E-state index < -0.39 is 0 Å². The molecule has 0 spiro atoms. The maximum absolute atomic E-state index is 12.8. The van der Waals surface area contributed by atoms with Gasteiger partial charge in [0.1, 0.15) is 11.0 Å². The van der Waals surface area contributed by atoms with Crippen LogP contribution in [0.15, 0.2) is 64.7 Å². The average molecular weight is 419 g/mol. The summed E-state index contributed by atoms with van der Waals surface area (Å²) in [5.41, 5.74) is 5.61. The summed E-state index contributed by atoms with van der Waals surface area (Å²) in [7, 11) is 1.67. The number of H-pyrrole nitrogens is 1. The number of nitrogens with zero attached hydrogens (tertiary/aromatic N) is 2. The number of carbonyl (C=O) groups is 1. The second-order valence-corrected chi connectivity index (χ2v) is 8.10. The minimum Gasteiger partial charge on any atom is -0.355 e. The van der Waals surface area contributed by atoms with Gasteiger partial charge >= 0.3 is 0 Å². The van der Waals surface area contributed by atoms with Gasteiger partial charge in [0.05, 0.1) is 5.75 Å². The van der Waals surface area contributed by atoms with E-state index in [2.05, 4.69) is 10.3 Å². The molecule has 2 aromatic carbocycles.